The molecule has 9 heteroatoms. The van der Waals surface area contributed by atoms with Gasteiger partial charge in [-0.15, -0.1) is 0 Å². The Balaban J connectivity index is 1.49. The van der Waals surface area contributed by atoms with Gasteiger partial charge in [0.2, 0.25) is 0 Å². The van der Waals surface area contributed by atoms with Crippen LogP contribution in [-0.4, -0.2) is 62.9 Å². The number of likely N-dealkylation sites (tertiary alicyclic amines) is 1. The lowest BCUT2D eigenvalue weighted by Crippen LogP contribution is -2.78. The molecule has 0 bridgehead atoms. The number of thioether (sulfide) groups is 1. The Kier molecular flexibility index (Phi) is 12.0. The van der Waals surface area contributed by atoms with Crippen LogP contribution in [0, 0.1) is 0 Å². The normalized spacial score (nSPS) is 17.2. The van der Waals surface area contributed by atoms with Crippen molar-refractivity contribution in [3.8, 4) is 11.5 Å². The minimum Gasteiger partial charge on any atom is -0.497 e. The van der Waals surface area contributed by atoms with Gasteiger partial charge >= 0.3 is 5.97 Å². The minimum absolute atomic E-state index is 0.147. The number of amides is 1. The first-order valence-corrected chi connectivity index (χ1v) is 21.0. The van der Waals surface area contributed by atoms with E-state index >= 15 is 4.79 Å². The number of methoxy groups -OCH3 is 2. The van der Waals surface area contributed by atoms with E-state index in [0.717, 1.165) is 37.9 Å². The number of β-lactam (4-membered cyclic amide) rings is 1. The van der Waals surface area contributed by atoms with Gasteiger partial charge in [-0.05, 0) is 75.8 Å². The van der Waals surface area contributed by atoms with Gasteiger partial charge in [-0.3, -0.25) is 9.59 Å². The fourth-order valence-electron chi connectivity index (χ4n) is 7.61. The first kappa shape index (κ1) is 38.9. The Morgan fingerprint density at radius 2 is 1.17 bits per heavy atom. The van der Waals surface area contributed by atoms with Crippen molar-refractivity contribution in [2.75, 3.05) is 20.8 Å². The summed E-state index contributed by atoms with van der Waals surface area (Å²) in [6.07, 6.45) is 1.12. The number of rotatable bonds is 15. The SMILES string of the molecule is COc1ccc(CC(Cc2ccc(OC)cc2)N2C(=O)C(OC(C)=O)(Sc3ccccc3)C2CO[Si](c2ccccc2)(c2ccccc2)C(C)(C)C)cc1. The van der Waals surface area contributed by atoms with E-state index in [4.69, 9.17) is 18.6 Å². The van der Waals surface area contributed by atoms with Crippen LogP contribution in [0.25, 0.3) is 0 Å². The van der Waals surface area contributed by atoms with Crippen LogP contribution in [0.4, 0.5) is 0 Å². The number of esters is 1. The van der Waals surface area contributed by atoms with Crippen LogP contribution in [0.2, 0.25) is 5.04 Å². The predicted octanol–water partition coefficient (Wildman–Crippen LogP) is 7.70. The van der Waals surface area contributed by atoms with Gasteiger partial charge in [-0.2, -0.15) is 0 Å². The molecule has 0 aromatic heterocycles. The summed E-state index contributed by atoms with van der Waals surface area (Å²) < 4.78 is 24.7. The molecule has 280 valence electrons. The highest BCUT2D eigenvalue weighted by Crippen LogP contribution is 2.50. The van der Waals surface area contributed by atoms with Crippen molar-refractivity contribution in [2.45, 2.75) is 67.5 Å². The Morgan fingerprint density at radius 1 is 0.722 bits per heavy atom. The van der Waals surface area contributed by atoms with E-state index in [-0.39, 0.29) is 23.6 Å². The molecule has 0 N–H and O–H groups in total. The fraction of sp³-hybridized carbons (Fsp3) is 0.289. The molecule has 54 heavy (non-hydrogen) atoms. The van der Waals surface area contributed by atoms with Gasteiger partial charge in [0, 0.05) is 17.9 Å². The summed E-state index contributed by atoms with van der Waals surface area (Å²) in [5.41, 5.74) is 2.10. The number of hydrogen-bond acceptors (Lipinski definition) is 7. The van der Waals surface area contributed by atoms with E-state index in [1.807, 2.05) is 95.9 Å². The highest BCUT2D eigenvalue weighted by Gasteiger charge is 2.67. The Hall–Kier alpha value is -4.83. The van der Waals surface area contributed by atoms with Crippen LogP contribution >= 0.6 is 11.8 Å². The molecule has 1 fully saturated rings. The maximum absolute atomic E-state index is 15.1. The molecule has 1 heterocycles. The number of hydrogen-bond donors (Lipinski definition) is 0. The van der Waals surface area contributed by atoms with Gasteiger partial charge in [0.05, 0.1) is 20.8 Å². The summed E-state index contributed by atoms with van der Waals surface area (Å²) in [5, 5.41) is 1.95. The van der Waals surface area contributed by atoms with E-state index in [1.54, 1.807) is 14.2 Å². The lowest BCUT2D eigenvalue weighted by Gasteiger charge is -2.57. The summed E-state index contributed by atoms with van der Waals surface area (Å²) in [4.78, 5) is 29.3. The summed E-state index contributed by atoms with van der Waals surface area (Å²) in [5.74, 6) is 0.740. The van der Waals surface area contributed by atoms with Crippen molar-refractivity contribution in [2.24, 2.45) is 0 Å². The third kappa shape index (κ3) is 7.99. The van der Waals surface area contributed by atoms with Gasteiger partial charge in [0.15, 0.2) is 0 Å². The van der Waals surface area contributed by atoms with Gasteiger partial charge in [-0.1, -0.05) is 136 Å². The molecule has 0 radical (unpaired) electrons. The molecule has 1 saturated heterocycles. The fourth-order valence-corrected chi connectivity index (χ4v) is 13.5. The summed E-state index contributed by atoms with van der Waals surface area (Å²) in [7, 11) is 0.237. The van der Waals surface area contributed by atoms with Gasteiger partial charge in [0.1, 0.15) is 17.5 Å². The maximum atomic E-state index is 15.1. The van der Waals surface area contributed by atoms with Gasteiger partial charge in [-0.25, -0.2) is 0 Å². The second-order valence-corrected chi connectivity index (χ2v) is 20.2. The number of nitrogens with zero attached hydrogens (tertiary/aromatic N) is 1. The van der Waals surface area contributed by atoms with Crippen molar-refractivity contribution in [1.82, 2.24) is 4.90 Å². The molecule has 6 rings (SSSR count). The van der Waals surface area contributed by atoms with Crippen LogP contribution < -0.4 is 19.8 Å². The maximum Gasteiger partial charge on any atom is 0.304 e. The largest absolute Gasteiger partial charge is 0.497 e. The van der Waals surface area contributed by atoms with E-state index in [2.05, 4.69) is 69.3 Å². The smallest absolute Gasteiger partial charge is 0.304 e. The predicted molar refractivity (Wildman–Crippen MR) is 218 cm³/mol. The third-order valence-corrected chi connectivity index (χ3v) is 16.5. The molecule has 0 saturated carbocycles. The number of carbonyl (C=O) groups is 2. The van der Waals surface area contributed by atoms with Crippen LogP contribution in [0.3, 0.4) is 0 Å². The Labute approximate surface area is 324 Å². The second-order valence-electron chi connectivity index (χ2n) is 14.6. The van der Waals surface area contributed by atoms with Gasteiger partial charge < -0.3 is 23.5 Å². The molecule has 5 aromatic carbocycles. The Bertz CT molecular complexity index is 1900. The molecule has 0 aliphatic carbocycles. The molecular weight excluding hydrogens is 711 g/mol. The van der Waals surface area contributed by atoms with E-state index in [1.165, 1.54) is 18.7 Å². The van der Waals surface area contributed by atoms with Crippen LogP contribution in [0.1, 0.15) is 38.8 Å². The molecule has 0 spiro atoms. The van der Waals surface area contributed by atoms with Crippen molar-refractivity contribution >= 4 is 42.3 Å². The zero-order valence-electron chi connectivity index (χ0n) is 31.9. The summed E-state index contributed by atoms with van der Waals surface area (Å²) >= 11 is 1.28. The number of carbonyl (C=O) groups excluding carboxylic acids is 2. The van der Waals surface area contributed by atoms with E-state index < -0.39 is 25.3 Å². The molecule has 7 nitrogen and oxygen atoms in total. The molecule has 1 amide bonds. The van der Waals surface area contributed by atoms with Crippen molar-refractivity contribution in [3.63, 3.8) is 0 Å². The first-order valence-electron chi connectivity index (χ1n) is 18.3. The standard InChI is InChI=1S/C45H49NO6SSi/c1-33(47)52-45(53-39-16-10-7-11-17-39)42(32-51-54(44(2,3)4,40-18-12-8-13-19-40)41-20-14-9-15-21-41)46(43(45)48)36(30-34-22-26-37(49-5)27-23-34)31-35-24-28-38(50-6)29-25-35/h7-29,36,42H,30-32H2,1-6H3. The minimum atomic E-state index is -3.06. The highest BCUT2D eigenvalue weighted by atomic mass is 32.2. The summed E-state index contributed by atoms with van der Waals surface area (Å²) in [6.45, 7) is 8.22. The van der Waals surface area contributed by atoms with Crippen LogP contribution in [-0.2, 0) is 31.6 Å². The van der Waals surface area contributed by atoms with Gasteiger partial charge in [0.25, 0.3) is 19.2 Å². The molecule has 5 aromatic rings. The average Bonchev–Trinajstić information content (AvgIpc) is 3.18. The average molecular weight is 760 g/mol. The first-order chi connectivity index (χ1) is 26.0. The highest BCUT2D eigenvalue weighted by molar-refractivity contribution is 8.01. The second kappa shape index (κ2) is 16.7. The van der Waals surface area contributed by atoms with Crippen LogP contribution in [0.15, 0.2) is 144 Å². The molecule has 1 aliphatic heterocycles. The zero-order chi connectivity index (χ0) is 38.3. The summed E-state index contributed by atoms with van der Waals surface area (Å²) in [6, 6.07) is 45.6. The molecule has 2 atom stereocenters. The monoisotopic (exact) mass is 759 g/mol. The third-order valence-electron chi connectivity index (χ3n) is 10.1. The lowest BCUT2D eigenvalue weighted by atomic mass is 9.88. The number of ether oxygens (including phenoxy) is 3. The quantitative estimate of drug-likeness (QED) is 0.0469. The van der Waals surface area contributed by atoms with E-state index in [0.29, 0.717) is 12.8 Å². The van der Waals surface area contributed by atoms with Crippen molar-refractivity contribution in [1.29, 1.82) is 0 Å². The lowest BCUT2D eigenvalue weighted by molar-refractivity contribution is -0.195. The number of benzene rings is 5. The Morgan fingerprint density at radius 3 is 1.57 bits per heavy atom. The molecule has 1 aliphatic rings. The van der Waals surface area contributed by atoms with Crippen LogP contribution in [0.5, 0.6) is 11.5 Å². The molecular formula is C45H49NO6SSi. The molecule has 2 unspecified atom stereocenters. The van der Waals surface area contributed by atoms with Crippen molar-refractivity contribution in [3.05, 3.63) is 151 Å². The van der Waals surface area contributed by atoms with E-state index in [9.17, 15) is 4.79 Å². The van der Waals surface area contributed by atoms with Crippen molar-refractivity contribution < 1.29 is 28.2 Å². The zero-order valence-corrected chi connectivity index (χ0v) is 33.7. The topological polar surface area (TPSA) is 74.3 Å².